The second kappa shape index (κ2) is 4.98. The smallest absolute Gasteiger partial charge is 0.177 e. The number of aliphatic hydroxyl groups is 1. The molecule has 1 heterocycles. The number of fused-ring (bicyclic) bond motifs is 1. The summed E-state index contributed by atoms with van der Waals surface area (Å²) in [5.41, 5.74) is 1.66. The number of aryl methyl sites for hydroxylation is 2. The highest BCUT2D eigenvalue weighted by atomic mass is 35.5. The monoisotopic (exact) mass is 254 g/mol. The number of methoxy groups -OCH3 is 1. The van der Waals surface area contributed by atoms with E-state index in [9.17, 15) is 0 Å². The molecule has 0 radical (unpaired) electrons. The Hall–Kier alpha value is -1.19. The van der Waals surface area contributed by atoms with E-state index in [1.54, 1.807) is 7.11 Å². The zero-order valence-electron chi connectivity index (χ0n) is 9.92. The van der Waals surface area contributed by atoms with Gasteiger partial charge >= 0.3 is 0 Å². The topological polar surface area (TPSA) is 42.6 Å². The lowest BCUT2D eigenvalue weighted by Gasteiger charge is -2.08. The maximum atomic E-state index is 8.87. The van der Waals surface area contributed by atoms with Gasteiger partial charge < -0.3 is 14.3 Å². The van der Waals surface area contributed by atoms with E-state index in [0.29, 0.717) is 22.8 Å². The van der Waals surface area contributed by atoms with Crippen LogP contribution in [0.3, 0.4) is 0 Å². The average Bonchev–Trinajstić information content (AvgIpc) is 2.71. The van der Waals surface area contributed by atoms with Gasteiger partial charge in [0.25, 0.3) is 0 Å². The molecule has 0 bridgehead atoms. The third kappa shape index (κ3) is 2.26. The molecule has 0 aliphatic rings. The van der Waals surface area contributed by atoms with Gasteiger partial charge in [-0.1, -0.05) is 11.6 Å². The standard InChI is InChI=1S/C13H15ClO3/c1-8-6-10-12(14)9(4-3-5-15)7-11(16-2)13(10)17-8/h6-7,15H,3-5H2,1-2H3. The maximum Gasteiger partial charge on any atom is 0.177 e. The van der Waals surface area contributed by atoms with Crippen molar-refractivity contribution in [2.75, 3.05) is 13.7 Å². The fourth-order valence-corrected chi connectivity index (χ4v) is 2.21. The predicted molar refractivity (Wildman–Crippen MR) is 67.9 cm³/mol. The lowest BCUT2D eigenvalue weighted by molar-refractivity contribution is 0.288. The first-order chi connectivity index (χ1) is 8.17. The molecule has 0 aliphatic heterocycles. The van der Waals surface area contributed by atoms with E-state index < -0.39 is 0 Å². The fraction of sp³-hybridized carbons (Fsp3) is 0.385. The zero-order chi connectivity index (χ0) is 12.4. The van der Waals surface area contributed by atoms with Crippen LogP contribution in [-0.2, 0) is 6.42 Å². The quantitative estimate of drug-likeness (QED) is 0.910. The number of aliphatic hydroxyl groups excluding tert-OH is 1. The summed E-state index contributed by atoms with van der Waals surface area (Å²) >= 11 is 6.32. The first-order valence-corrected chi connectivity index (χ1v) is 5.91. The Kier molecular flexibility index (Phi) is 3.60. The van der Waals surface area contributed by atoms with E-state index in [-0.39, 0.29) is 6.61 Å². The van der Waals surface area contributed by atoms with Crippen molar-refractivity contribution in [1.29, 1.82) is 0 Å². The van der Waals surface area contributed by atoms with E-state index in [1.807, 2.05) is 19.1 Å². The fourth-order valence-electron chi connectivity index (χ4n) is 1.92. The number of furan rings is 1. The largest absolute Gasteiger partial charge is 0.493 e. The highest BCUT2D eigenvalue weighted by Crippen LogP contribution is 2.37. The van der Waals surface area contributed by atoms with Gasteiger partial charge in [0.1, 0.15) is 5.76 Å². The lowest BCUT2D eigenvalue weighted by Crippen LogP contribution is -1.93. The van der Waals surface area contributed by atoms with E-state index in [1.165, 1.54) is 0 Å². The van der Waals surface area contributed by atoms with Gasteiger partial charge in [0.2, 0.25) is 0 Å². The van der Waals surface area contributed by atoms with Crippen molar-refractivity contribution in [3.63, 3.8) is 0 Å². The van der Waals surface area contributed by atoms with Crippen LogP contribution in [0.5, 0.6) is 5.75 Å². The minimum Gasteiger partial charge on any atom is -0.493 e. The van der Waals surface area contributed by atoms with Gasteiger partial charge in [0.15, 0.2) is 11.3 Å². The van der Waals surface area contributed by atoms with Crippen LogP contribution in [0.4, 0.5) is 0 Å². The normalized spacial score (nSPS) is 11.1. The predicted octanol–water partition coefficient (Wildman–Crippen LogP) is 3.33. The molecule has 2 rings (SSSR count). The van der Waals surface area contributed by atoms with E-state index in [0.717, 1.165) is 23.1 Å². The Bertz CT molecular complexity index is 531. The van der Waals surface area contributed by atoms with Crippen molar-refractivity contribution in [2.24, 2.45) is 0 Å². The third-order valence-electron chi connectivity index (χ3n) is 2.73. The Morgan fingerprint density at radius 1 is 1.41 bits per heavy atom. The molecule has 4 heteroatoms. The van der Waals surface area contributed by atoms with E-state index in [4.69, 9.17) is 25.9 Å². The number of rotatable bonds is 4. The lowest BCUT2D eigenvalue weighted by atomic mass is 10.1. The molecule has 0 amide bonds. The molecule has 0 spiro atoms. The second-order valence-electron chi connectivity index (χ2n) is 3.98. The van der Waals surface area contributed by atoms with Crippen molar-refractivity contribution in [1.82, 2.24) is 0 Å². The van der Waals surface area contributed by atoms with Crippen molar-refractivity contribution in [3.8, 4) is 5.75 Å². The average molecular weight is 255 g/mol. The van der Waals surface area contributed by atoms with Crippen molar-refractivity contribution in [2.45, 2.75) is 19.8 Å². The molecule has 0 saturated heterocycles. The summed E-state index contributed by atoms with van der Waals surface area (Å²) in [6.07, 6.45) is 1.41. The van der Waals surface area contributed by atoms with Crippen LogP contribution in [0.15, 0.2) is 16.5 Å². The van der Waals surface area contributed by atoms with Gasteiger partial charge in [0.05, 0.1) is 12.1 Å². The molecule has 0 aliphatic carbocycles. The number of hydrogen-bond donors (Lipinski definition) is 1. The van der Waals surface area contributed by atoms with Crippen molar-refractivity contribution in [3.05, 3.63) is 28.5 Å². The molecular weight excluding hydrogens is 240 g/mol. The summed E-state index contributed by atoms with van der Waals surface area (Å²) < 4.78 is 10.9. The number of hydrogen-bond acceptors (Lipinski definition) is 3. The molecular formula is C13H15ClO3. The molecule has 1 aromatic heterocycles. The van der Waals surface area contributed by atoms with Crippen LogP contribution in [0, 0.1) is 6.92 Å². The van der Waals surface area contributed by atoms with Gasteiger partial charge in [-0.25, -0.2) is 0 Å². The molecule has 0 saturated carbocycles. The third-order valence-corrected chi connectivity index (χ3v) is 3.17. The maximum absolute atomic E-state index is 8.87. The highest BCUT2D eigenvalue weighted by molar-refractivity contribution is 6.36. The van der Waals surface area contributed by atoms with Crippen LogP contribution in [0.2, 0.25) is 5.02 Å². The Morgan fingerprint density at radius 2 is 2.18 bits per heavy atom. The Labute approximate surface area is 105 Å². The van der Waals surface area contributed by atoms with E-state index in [2.05, 4.69) is 0 Å². The van der Waals surface area contributed by atoms with Crippen molar-refractivity contribution < 1.29 is 14.3 Å². The van der Waals surface area contributed by atoms with Gasteiger partial charge in [-0.3, -0.25) is 0 Å². The van der Waals surface area contributed by atoms with Gasteiger partial charge in [-0.05, 0) is 37.5 Å². The number of halogens is 1. The Morgan fingerprint density at radius 3 is 2.82 bits per heavy atom. The van der Waals surface area contributed by atoms with Crippen LogP contribution in [0.25, 0.3) is 11.0 Å². The summed E-state index contributed by atoms with van der Waals surface area (Å²) in [5, 5.41) is 10.4. The van der Waals surface area contributed by atoms with Gasteiger partial charge in [-0.2, -0.15) is 0 Å². The highest BCUT2D eigenvalue weighted by Gasteiger charge is 2.14. The molecule has 0 fully saturated rings. The molecule has 0 atom stereocenters. The van der Waals surface area contributed by atoms with Crippen LogP contribution in [0.1, 0.15) is 17.7 Å². The number of ether oxygens (including phenoxy) is 1. The van der Waals surface area contributed by atoms with Crippen molar-refractivity contribution >= 4 is 22.6 Å². The van der Waals surface area contributed by atoms with Crippen LogP contribution in [-0.4, -0.2) is 18.8 Å². The van der Waals surface area contributed by atoms with Crippen LogP contribution < -0.4 is 4.74 Å². The molecule has 1 N–H and O–H groups in total. The molecule has 92 valence electrons. The minimum absolute atomic E-state index is 0.154. The first-order valence-electron chi connectivity index (χ1n) is 5.53. The summed E-state index contributed by atoms with van der Waals surface area (Å²) in [7, 11) is 1.61. The minimum atomic E-state index is 0.154. The molecule has 0 unspecified atom stereocenters. The summed E-state index contributed by atoms with van der Waals surface area (Å²) in [6.45, 7) is 2.03. The number of benzene rings is 1. The molecule has 3 nitrogen and oxygen atoms in total. The second-order valence-corrected chi connectivity index (χ2v) is 4.36. The van der Waals surface area contributed by atoms with Gasteiger partial charge in [0, 0.05) is 12.0 Å². The molecule has 17 heavy (non-hydrogen) atoms. The SMILES string of the molecule is COc1cc(CCCO)c(Cl)c2cc(C)oc12. The van der Waals surface area contributed by atoms with Crippen LogP contribution >= 0.6 is 11.6 Å². The Balaban J connectivity index is 2.58. The van der Waals surface area contributed by atoms with Gasteiger partial charge in [-0.15, -0.1) is 0 Å². The zero-order valence-corrected chi connectivity index (χ0v) is 10.7. The summed E-state index contributed by atoms with van der Waals surface area (Å²) in [5.74, 6) is 1.49. The molecule has 1 aromatic carbocycles. The van der Waals surface area contributed by atoms with E-state index >= 15 is 0 Å². The molecule has 2 aromatic rings. The first kappa shape index (κ1) is 12.3. The summed E-state index contributed by atoms with van der Waals surface area (Å²) in [4.78, 5) is 0. The summed E-state index contributed by atoms with van der Waals surface area (Å²) in [6, 6.07) is 3.78.